The fourth-order valence-electron chi connectivity index (χ4n) is 4.29. The van der Waals surface area contributed by atoms with Crippen molar-refractivity contribution in [1.82, 2.24) is 0 Å². The van der Waals surface area contributed by atoms with Gasteiger partial charge in [0.2, 0.25) is 0 Å². The zero-order valence-corrected chi connectivity index (χ0v) is 29.8. The smallest absolute Gasteiger partial charge is 0.262 e. The molecule has 4 rings (SSSR count). The molecule has 0 saturated heterocycles. The Morgan fingerprint density at radius 1 is 0.535 bits per heavy atom. The van der Waals surface area contributed by atoms with Crippen molar-refractivity contribution in [3.63, 3.8) is 0 Å². The van der Waals surface area contributed by atoms with Crippen LogP contribution in [0.2, 0.25) is 0 Å². The lowest BCUT2D eigenvalue weighted by Gasteiger charge is -2.21. The molecule has 0 heterocycles. The normalized spacial score (nSPS) is 12.5. The molecular weight excluding hydrogens is 640 g/mol. The van der Waals surface area contributed by atoms with E-state index in [1.165, 1.54) is 43.5 Å². The van der Waals surface area contributed by atoms with Gasteiger partial charge in [-0.3, -0.25) is 0 Å². The molecule has 0 aliphatic rings. The fraction of sp³-hybridized carbons (Fsp3) is 0.333. The van der Waals surface area contributed by atoms with E-state index < -0.39 is 10.4 Å². The third-order valence-corrected chi connectivity index (χ3v) is 10.0. The molecule has 0 aliphatic heterocycles. The lowest BCUT2D eigenvalue weighted by Crippen LogP contribution is -2.13. The van der Waals surface area contributed by atoms with Crippen LogP contribution in [-0.4, -0.2) is 13.0 Å². The standard InChI is InChI=1S/C30H39S.C6H5BrO4S/c1-28(2,3)22-10-16-25(17-11-22)31(26-18-12-23(13-19-26)29(4,5)6)27-20-14-24(15-21-27)30(7,8)9;7-5-1-3-6(4-2-5)11-12(8,9)10/h10-21H,1-9H3;1-4H,(H,8,9,10)/q+1;/p-1. The zero-order chi connectivity index (χ0) is 32.2. The molecular formula is C36H43BrO4S2. The molecule has 0 saturated carbocycles. The fourth-order valence-corrected chi connectivity index (χ4v) is 6.94. The van der Waals surface area contributed by atoms with E-state index in [1.54, 1.807) is 12.1 Å². The van der Waals surface area contributed by atoms with Gasteiger partial charge in [0.05, 0.1) is 10.9 Å². The average Bonchev–Trinajstić information content (AvgIpc) is 2.89. The maximum Gasteiger partial charge on any atom is 0.262 e. The van der Waals surface area contributed by atoms with Crippen LogP contribution in [0.1, 0.15) is 79.0 Å². The van der Waals surface area contributed by atoms with Gasteiger partial charge in [-0.2, -0.15) is 0 Å². The largest absolute Gasteiger partial charge is 0.716 e. The first-order valence-electron chi connectivity index (χ1n) is 14.2. The third kappa shape index (κ3) is 10.5. The van der Waals surface area contributed by atoms with Crippen molar-refractivity contribution < 1.29 is 17.2 Å². The quantitative estimate of drug-likeness (QED) is 0.119. The summed E-state index contributed by atoms with van der Waals surface area (Å²) >= 11 is 3.14. The van der Waals surface area contributed by atoms with Gasteiger partial charge >= 0.3 is 0 Å². The lowest BCUT2D eigenvalue weighted by molar-refractivity contribution is 0.372. The van der Waals surface area contributed by atoms with E-state index >= 15 is 0 Å². The average molecular weight is 684 g/mol. The first-order chi connectivity index (χ1) is 19.7. The predicted molar refractivity (Wildman–Crippen MR) is 182 cm³/mol. The Balaban J connectivity index is 0.000000353. The van der Waals surface area contributed by atoms with Crippen molar-refractivity contribution >= 4 is 37.2 Å². The minimum Gasteiger partial charge on any atom is -0.716 e. The SMILES string of the molecule is CC(C)(C)c1ccc([S+](c2ccc(C(C)(C)C)cc2)c2ccc(C(C)(C)C)cc2)cc1.O=S(=O)([O-])Oc1ccc(Br)cc1. The molecule has 4 nitrogen and oxygen atoms in total. The molecule has 0 atom stereocenters. The van der Waals surface area contributed by atoms with Crippen LogP contribution < -0.4 is 4.18 Å². The van der Waals surface area contributed by atoms with E-state index in [-0.39, 0.29) is 32.9 Å². The van der Waals surface area contributed by atoms with Crippen LogP contribution in [0.5, 0.6) is 5.75 Å². The second kappa shape index (κ2) is 13.6. The van der Waals surface area contributed by atoms with E-state index in [1.807, 2.05) is 0 Å². The monoisotopic (exact) mass is 682 g/mol. The van der Waals surface area contributed by atoms with E-state index in [9.17, 15) is 13.0 Å². The molecule has 7 heteroatoms. The highest BCUT2D eigenvalue weighted by Crippen LogP contribution is 2.35. The summed E-state index contributed by atoms with van der Waals surface area (Å²) < 4.78 is 35.1. The highest BCUT2D eigenvalue weighted by atomic mass is 79.9. The number of rotatable bonds is 5. The summed E-state index contributed by atoms with van der Waals surface area (Å²) in [4.78, 5) is 4.13. The van der Waals surface area contributed by atoms with Gasteiger partial charge in [-0.1, -0.05) is 115 Å². The summed E-state index contributed by atoms with van der Waals surface area (Å²) in [5, 5.41) is 0. The molecule has 43 heavy (non-hydrogen) atoms. The molecule has 0 unspecified atom stereocenters. The van der Waals surface area contributed by atoms with Gasteiger partial charge in [-0.15, -0.1) is 0 Å². The van der Waals surface area contributed by atoms with Gasteiger partial charge in [0, 0.05) is 4.47 Å². The summed E-state index contributed by atoms with van der Waals surface area (Å²) in [5.41, 5.74) is 4.64. The first kappa shape index (κ1) is 34.9. The van der Waals surface area contributed by atoms with E-state index in [0.717, 1.165) is 4.47 Å². The molecule has 230 valence electrons. The second-order valence-corrected chi connectivity index (χ2v) is 17.5. The van der Waals surface area contributed by atoms with Gasteiger partial charge in [0.15, 0.2) is 14.7 Å². The van der Waals surface area contributed by atoms with Crippen LogP contribution in [0.4, 0.5) is 0 Å². The summed E-state index contributed by atoms with van der Waals surface area (Å²) in [6.07, 6.45) is 0. The number of halogens is 1. The van der Waals surface area contributed by atoms with E-state index in [0.29, 0.717) is 0 Å². The Morgan fingerprint density at radius 3 is 1.05 bits per heavy atom. The summed E-state index contributed by atoms with van der Waals surface area (Å²) in [6, 6.07) is 33.7. The molecule has 0 amide bonds. The summed E-state index contributed by atoms with van der Waals surface area (Å²) in [7, 11) is -4.78. The maximum atomic E-state index is 10.1. The molecule has 0 N–H and O–H groups in total. The zero-order valence-electron chi connectivity index (χ0n) is 26.6. The Labute approximate surface area is 270 Å². The number of hydrogen-bond acceptors (Lipinski definition) is 4. The van der Waals surface area contributed by atoms with Crippen LogP contribution in [-0.2, 0) is 37.5 Å². The molecule has 0 spiro atoms. The number of benzene rings is 4. The van der Waals surface area contributed by atoms with Gasteiger partial charge in [-0.25, -0.2) is 8.42 Å². The van der Waals surface area contributed by atoms with Crippen LogP contribution >= 0.6 is 15.9 Å². The number of hydrogen-bond donors (Lipinski definition) is 0. The van der Waals surface area contributed by atoms with Gasteiger partial charge in [-0.05, 0) is 93.6 Å². The molecule has 0 radical (unpaired) electrons. The highest BCUT2D eigenvalue weighted by Gasteiger charge is 2.30. The van der Waals surface area contributed by atoms with E-state index in [4.69, 9.17) is 0 Å². The van der Waals surface area contributed by atoms with Crippen molar-refractivity contribution in [3.05, 3.63) is 118 Å². The second-order valence-electron chi connectivity index (χ2n) is 13.6. The van der Waals surface area contributed by atoms with Gasteiger partial charge < -0.3 is 8.74 Å². The molecule has 0 bridgehead atoms. The van der Waals surface area contributed by atoms with Crippen molar-refractivity contribution in [2.45, 2.75) is 93.2 Å². The van der Waals surface area contributed by atoms with Crippen LogP contribution in [0.25, 0.3) is 0 Å². The van der Waals surface area contributed by atoms with Crippen molar-refractivity contribution in [2.24, 2.45) is 0 Å². The molecule has 4 aromatic rings. The van der Waals surface area contributed by atoms with Gasteiger partial charge in [0.1, 0.15) is 5.75 Å². The predicted octanol–water partition coefficient (Wildman–Crippen LogP) is 9.96. The molecule has 0 aromatic heterocycles. The lowest BCUT2D eigenvalue weighted by atomic mass is 9.87. The van der Waals surface area contributed by atoms with E-state index in [2.05, 4.69) is 155 Å². The minimum atomic E-state index is -4.66. The Kier molecular flexibility index (Phi) is 11.0. The van der Waals surface area contributed by atoms with Crippen molar-refractivity contribution in [2.75, 3.05) is 0 Å². The topological polar surface area (TPSA) is 66.4 Å². The van der Waals surface area contributed by atoms with Crippen LogP contribution in [0, 0.1) is 0 Å². The van der Waals surface area contributed by atoms with Crippen LogP contribution in [0.3, 0.4) is 0 Å². The third-order valence-electron chi connectivity index (χ3n) is 6.88. The molecule has 4 aromatic carbocycles. The first-order valence-corrected chi connectivity index (χ1v) is 17.6. The Morgan fingerprint density at radius 2 is 0.814 bits per heavy atom. The summed E-state index contributed by atoms with van der Waals surface area (Å²) in [6.45, 7) is 20.5. The minimum absolute atomic E-state index is 0.00759. The van der Waals surface area contributed by atoms with Crippen molar-refractivity contribution in [3.8, 4) is 5.75 Å². The Hall–Kier alpha value is -2.58. The summed E-state index contributed by atoms with van der Waals surface area (Å²) in [5.74, 6) is 0.00759. The Bertz CT molecular complexity index is 1440. The highest BCUT2D eigenvalue weighted by molar-refractivity contribution is 9.10. The molecule has 0 fully saturated rings. The van der Waals surface area contributed by atoms with Gasteiger partial charge in [0.25, 0.3) is 10.4 Å². The maximum absolute atomic E-state index is 10.1. The molecule has 0 aliphatic carbocycles. The van der Waals surface area contributed by atoms with Crippen LogP contribution in [0.15, 0.2) is 116 Å². The van der Waals surface area contributed by atoms with Crippen molar-refractivity contribution in [1.29, 1.82) is 0 Å².